The largest absolute Gasteiger partial charge is 0.480 e. The van der Waals surface area contributed by atoms with Crippen LogP contribution in [0.25, 0.3) is 0 Å². The number of hydrogen-bond acceptors (Lipinski definition) is 6. The number of ether oxygens (including phenoxy) is 3. The van der Waals surface area contributed by atoms with Crippen molar-refractivity contribution >= 4 is 31.7 Å². The van der Waals surface area contributed by atoms with Gasteiger partial charge in [0.1, 0.15) is 18.1 Å². The molecule has 0 saturated heterocycles. The summed E-state index contributed by atoms with van der Waals surface area (Å²) in [6.45, 7) is 12.8. The van der Waals surface area contributed by atoms with Gasteiger partial charge in [0.2, 0.25) is 0 Å². The topological polar surface area (TPSA) is 90.0 Å². The van der Waals surface area contributed by atoms with E-state index in [0.29, 0.717) is 18.2 Å². The number of aromatic nitrogens is 1. The molecule has 0 fully saturated rings. The van der Waals surface area contributed by atoms with Gasteiger partial charge >= 0.3 is 6.09 Å². The Labute approximate surface area is 161 Å². The van der Waals surface area contributed by atoms with Crippen LogP contribution in [-0.4, -0.2) is 50.6 Å². The Morgan fingerprint density at radius 2 is 2.04 bits per heavy atom. The predicted octanol–water partition coefficient (Wildman–Crippen LogP) is 3.47. The molecule has 2 amide bonds. The van der Waals surface area contributed by atoms with Crippen LogP contribution in [0.2, 0.25) is 25.7 Å². The lowest BCUT2D eigenvalue weighted by atomic mass is 10.2. The summed E-state index contributed by atoms with van der Waals surface area (Å²) in [7, 11) is -1.21. The molecule has 0 radical (unpaired) electrons. The monoisotopic (exact) mass is 395 g/mol. The second-order valence-corrected chi connectivity index (χ2v) is 14.2. The normalized spacial score (nSPS) is 14.4. The van der Waals surface area contributed by atoms with E-state index in [0.717, 1.165) is 6.04 Å². The van der Waals surface area contributed by atoms with Crippen LogP contribution in [-0.2, 0) is 14.3 Å². The van der Waals surface area contributed by atoms with E-state index < -0.39 is 19.8 Å². The van der Waals surface area contributed by atoms with Crippen molar-refractivity contribution in [3.8, 4) is 5.75 Å². The van der Waals surface area contributed by atoms with E-state index >= 15 is 0 Å². The van der Waals surface area contributed by atoms with Gasteiger partial charge in [0.05, 0.1) is 0 Å². The quantitative estimate of drug-likeness (QED) is 0.586. The van der Waals surface area contributed by atoms with Crippen LogP contribution >= 0.6 is 0 Å². The molecule has 1 aliphatic rings. The first-order valence-corrected chi connectivity index (χ1v) is 12.7. The number of rotatable bonds is 6. The summed E-state index contributed by atoms with van der Waals surface area (Å²) in [6.07, 6.45) is -0.615. The highest BCUT2D eigenvalue weighted by atomic mass is 28.3. The minimum absolute atomic E-state index is 0.0646. The van der Waals surface area contributed by atoms with Crippen LogP contribution in [0.3, 0.4) is 0 Å². The number of fused-ring (bicyclic) bond motifs is 1. The average molecular weight is 396 g/mol. The van der Waals surface area contributed by atoms with Crippen LogP contribution in [0.1, 0.15) is 20.8 Å². The minimum Gasteiger partial charge on any atom is -0.480 e. The number of nitrogens with zero attached hydrogens (tertiary/aromatic N) is 2. The molecule has 9 heteroatoms. The lowest BCUT2D eigenvalue weighted by molar-refractivity contribution is -0.122. The molecule has 0 aliphatic carbocycles. The van der Waals surface area contributed by atoms with Gasteiger partial charge in [-0.2, -0.15) is 0 Å². The fraction of sp³-hybridized carbons (Fsp3) is 0.611. The first-order chi connectivity index (χ1) is 12.4. The third-order valence-electron chi connectivity index (χ3n) is 3.59. The zero-order valence-corrected chi connectivity index (χ0v) is 17.9. The van der Waals surface area contributed by atoms with E-state index in [1.807, 2.05) is 0 Å². The molecule has 2 heterocycles. The van der Waals surface area contributed by atoms with Gasteiger partial charge in [-0.3, -0.25) is 15.0 Å². The Morgan fingerprint density at radius 3 is 2.67 bits per heavy atom. The molecule has 0 saturated carbocycles. The number of carbonyl (C=O) groups is 2. The van der Waals surface area contributed by atoms with E-state index in [-0.39, 0.29) is 25.1 Å². The van der Waals surface area contributed by atoms with Gasteiger partial charge in [0, 0.05) is 14.7 Å². The summed E-state index contributed by atoms with van der Waals surface area (Å²) in [4.78, 5) is 30.0. The van der Waals surface area contributed by atoms with E-state index in [4.69, 9.17) is 14.2 Å². The molecule has 1 aromatic heterocycles. The highest BCUT2D eigenvalue weighted by Crippen LogP contribution is 2.31. The Hall–Kier alpha value is -2.13. The first-order valence-electron chi connectivity index (χ1n) is 8.97. The molecule has 0 spiro atoms. The molecule has 0 aromatic carbocycles. The fourth-order valence-corrected chi connectivity index (χ4v) is 2.98. The Balaban J connectivity index is 2.07. The van der Waals surface area contributed by atoms with Gasteiger partial charge in [-0.1, -0.05) is 19.6 Å². The highest BCUT2D eigenvalue weighted by molar-refractivity contribution is 6.76. The molecule has 1 N–H and O–H groups in total. The highest BCUT2D eigenvalue weighted by Gasteiger charge is 2.28. The zero-order valence-electron chi connectivity index (χ0n) is 16.9. The molecule has 150 valence electrons. The summed E-state index contributed by atoms with van der Waals surface area (Å²) in [5, 5.41) is 2.57. The predicted molar refractivity (Wildman–Crippen MR) is 106 cm³/mol. The maximum Gasteiger partial charge on any atom is 0.413 e. The number of carbonyl (C=O) groups excluding carboxylic acids is 2. The fourth-order valence-electron chi connectivity index (χ4n) is 2.22. The van der Waals surface area contributed by atoms with Crippen LogP contribution in [0.4, 0.5) is 16.4 Å². The van der Waals surface area contributed by atoms with Gasteiger partial charge in [0.15, 0.2) is 18.2 Å². The maximum atomic E-state index is 12.2. The molecule has 1 aromatic rings. The average Bonchev–Trinajstić information content (AvgIpc) is 2.50. The molecule has 8 nitrogen and oxygen atoms in total. The van der Waals surface area contributed by atoms with Gasteiger partial charge in [-0.25, -0.2) is 9.78 Å². The molecule has 0 unspecified atom stereocenters. The summed E-state index contributed by atoms with van der Waals surface area (Å²) < 4.78 is 16.3. The van der Waals surface area contributed by atoms with E-state index in [9.17, 15) is 9.59 Å². The summed E-state index contributed by atoms with van der Waals surface area (Å²) in [5.74, 6) is 0.830. The lowest BCUT2D eigenvalue weighted by Gasteiger charge is -2.28. The van der Waals surface area contributed by atoms with Crippen molar-refractivity contribution in [2.24, 2.45) is 0 Å². The van der Waals surface area contributed by atoms with Crippen LogP contribution in [0.15, 0.2) is 12.1 Å². The molecular weight excluding hydrogens is 366 g/mol. The molecule has 1 aliphatic heterocycles. The van der Waals surface area contributed by atoms with Gasteiger partial charge in [-0.15, -0.1) is 0 Å². The van der Waals surface area contributed by atoms with Crippen molar-refractivity contribution in [1.82, 2.24) is 4.98 Å². The number of amides is 2. The van der Waals surface area contributed by atoms with E-state index in [1.165, 1.54) is 4.90 Å². The van der Waals surface area contributed by atoms with Crippen molar-refractivity contribution in [2.45, 2.75) is 52.1 Å². The van der Waals surface area contributed by atoms with Gasteiger partial charge in [-0.05, 0) is 38.9 Å². The standard InChI is InChI=1S/C18H29N3O5Si/c1-18(2,3)26-17(23)20-14-8-7-13-16(19-14)21(15(22)11-25-13)12-24-9-10-27(4,5)6/h7-8H,9-12H2,1-6H3,(H,19,20,23). The van der Waals surface area contributed by atoms with Crippen molar-refractivity contribution in [1.29, 1.82) is 0 Å². The van der Waals surface area contributed by atoms with E-state index in [1.54, 1.807) is 32.9 Å². The molecule has 2 rings (SSSR count). The first kappa shape index (κ1) is 21.2. The molecular formula is C18H29N3O5Si. The van der Waals surface area contributed by atoms with Gasteiger partial charge < -0.3 is 14.2 Å². The van der Waals surface area contributed by atoms with Gasteiger partial charge in [0.25, 0.3) is 5.91 Å². The molecule has 0 atom stereocenters. The van der Waals surface area contributed by atoms with Crippen molar-refractivity contribution < 1.29 is 23.8 Å². The Kier molecular flexibility index (Phi) is 6.48. The Bertz CT molecular complexity index is 697. The van der Waals surface area contributed by atoms with Crippen LogP contribution in [0, 0.1) is 0 Å². The number of hydrogen-bond donors (Lipinski definition) is 1. The summed E-state index contributed by atoms with van der Waals surface area (Å²) in [6, 6.07) is 4.27. The summed E-state index contributed by atoms with van der Waals surface area (Å²) >= 11 is 0. The van der Waals surface area contributed by atoms with E-state index in [2.05, 4.69) is 29.9 Å². The number of nitrogens with one attached hydrogen (secondary N) is 1. The SMILES string of the molecule is CC(C)(C)OC(=O)Nc1ccc2c(n1)N(COCC[Si](C)(C)C)C(=O)CO2. The molecule has 27 heavy (non-hydrogen) atoms. The molecule has 0 bridgehead atoms. The zero-order chi connectivity index (χ0) is 20.2. The number of pyridine rings is 1. The second-order valence-electron chi connectivity index (χ2n) is 8.60. The lowest BCUT2D eigenvalue weighted by Crippen LogP contribution is -2.41. The number of anilines is 2. The maximum absolute atomic E-state index is 12.2. The summed E-state index contributed by atoms with van der Waals surface area (Å²) in [5.41, 5.74) is -0.617. The van der Waals surface area contributed by atoms with Crippen LogP contribution in [0.5, 0.6) is 5.75 Å². The van der Waals surface area contributed by atoms with Crippen LogP contribution < -0.4 is 15.0 Å². The second kappa shape index (κ2) is 8.26. The van der Waals surface area contributed by atoms with Crippen molar-refractivity contribution in [3.05, 3.63) is 12.1 Å². The van der Waals surface area contributed by atoms with Crippen molar-refractivity contribution in [3.63, 3.8) is 0 Å². The smallest absolute Gasteiger partial charge is 0.413 e. The Morgan fingerprint density at radius 1 is 1.33 bits per heavy atom. The minimum atomic E-state index is -1.21. The third-order valence-corrected chi connectivity index (χ3v) is 5.30. The van der Waals surface area contributed by atoms with Crippen molar-refractivity contribution in [2.75, 3.05) is 30.2 Å². The third kappa shape index (κ3) is 6.83.